The van der Waals surface area contributed by atoms with Gasteiger partial charge >= 0.3 is 0 Å². The highest BCUT2D eigenvalue weighted by Crippen LogP contribution is 2.10. The monoisotopic (exact) mass is 205 g/mol. The zero-order valence-corrected chi connectivity index (χ0v) is 8.31. The van der Waals surface area contributed by atoms with Crippen molar-refractivity contribution in [1.82, 2.24) is 4.90 Å². The van der Waals surface area contributed by atoms with Gasteiger partial charge in [-0.1, -0.05) is 0 Å². The zero-order chi connectivity index (χ0) is 9.90. The van der Waals surface area contributed by atoms with Crippen LogP contribution in [0.4, 0.5) is 0 Å². The Bertz CT molecular complexity index is 286. The molecule has 1 aliphatic rings. The van der Waals surface area contributed by atoms with Gasteiger partial charge in [-0.3, -0.25) is 5.41 Å². The van der Waals surface area contributed by atoms with Crippen molar-refractivity contribution < 1.29 is 8.42 Å². The summed E-state index contributed by atoms with van der Waals surface area (Å²) < 4.78 is 21.3. The maximum atomic E-state index is 10.7. The number of piperidine rings is 1. The Morgan fingerprint density at radius 1 is 1.46 bits per heavy atom. The first-order valence-corrected chi connectivity index (χ1v) is 6.03. The first kappa shape index (κ1) is 10.5. The van der Waals surface area contributed by atoms with E-state index in [1.54, 1.807) is 4.90 Å². The summed E-state index contributed by atoms with van der Waals surface area (Å²) in [6.07, 6.45) is 2.82. The lowest BCUT2D eigenvalue weighted by molar-refractivity contribution is 0.384. The molecular weight excluding hydrogens is 190 g/mol. The second-order valence-electron chi connectivity index (χ2n) is 3.26. The van der Waals surface area contributed by atoms with E-state index in [9.17, 15) is 8.42 Å². The molecule has 1 rings (SSSR count). The number of likely N-dealkylation sites (tertiary alicyclic amines) is 1. The SMILES string of the molecule is N=C1CCCCN1CCS(N)(=O)=O. The summed E-state index contributed by atoms with van der Waals surface area (Å²) in [7, 11) is -3.39. The summed E-state index contributed by atoms with van der Waals surface area (Å²) in [6.45, 7) is 1.14. The van der Waals surface area contributed by atoms with Crippen LogP contribution in [0.25, 0.3) is 0 Å². The number of nitrogens with zero attached hydrogens (tertiary/aromatic N) is 1. The molecule has 76 valence electrons. The van der Waals surface area contributed by atoms with Crippen molar-refractivity contribution in [1.29, 1.82) is 5.41 Å². The number of sulfonamides is 1. The molecule has 0 aliphatic carbocycles. The van der Waals surface area contributed by atoms with Gasteiger partial charge in [-0.25, -0.2) is 13.6 Å². The van der Waals surface area contributed by atoms with E-state index < -0.39 is 10.0 Å². The van der Waals surface area contributed by atoms with Gasteiger partial charge in [-0.2, -0.15) is 0 Å². The summed E-state index contributed by atoms with van der Waals surface area (Å²) in [5.74, 6) is 0.477. The number of rotatable bonds is 3. The second-order valence-corrected chi connectivity index (χ2v) is 4.99. The van der Waals surface area contributed by atoms with Crippen LogP contribution in [0, 0.1) is 5.41 Å². The van der Waals surface area contributed by atoms with Crippen LogP contribution in [0.2, 0.25) is 0 Å². The van der Waals surface area contributed by atoms with Gasteiger partial charge in [0.15, 0.2) is 0 Å². The predicted molar refractivity (Wildman–Crippen MR) is 51.1 cm³/mol. The molecule has 1 aliphatic heterocycles. The number of nitrogens with two attached hydrogens (primary N) is 1. The van der Waals surface area contributed by atoms with E-state index >= 15 is 0 Å². The molecule has 0 amide bonds. The van der Waals surface area contributed by atoms with Crippen molar-refractivity contribution in [3.8, 4) is 0 Å². The molecule has 3 N–H and O–H groups in total. The van der Waals surface area contributed by atoms with Crippen molar-refractivity contribution in [2.75, 3.05) is 18.8 Å². The fraction of sp³-hybridized carbons (Fsp3) is 0.857. The standard InChI is InChI=1S/C7H15N3O2S/c8-7-3-1-2-4-10(7)5-6-13(9,11)12/h8H,1-6H2,(H2,9,11,12). The van der Waals surface area contributed by atoms with Gasteiger partial charge in [0.05, 0.1) is 11.6 Å². The van der Waals surface area contributed by atoms with Gasteiger partial charge in [-0.15, -0.1) is 0 Å². The fourth-order valence-corrected chi connectivity index (χ4v) is 1.85. The van der Waals surface area contributed by atoms with Crippen molar-refractivity contribution in [3.05, 3.63) is 0 Å². The first-order chi connectivity index (χ1) is 5.99. The van der Waals surface area contributed by atoms with Crippen molar-refractivity contribution in [3.63, 3.8) is 0 Å². The van der Waals surface area contributed by atoms with E-state index in [1.165, 1.54) is 0 Å². The Morgan fingerprint density at radius 3 is 2.69 bits per heavy atom. The molecule has 0 aromatic heterocycles. The van der Waals surface area contributed by atoms with E-state index in [1.807, 2.05) is 0 Å². The number of hydrogen-bond acceptors (Lipinski definition) is 3. The van der Waals surface area contributed by atoms with E-state index in [2.05, 4.69) is 0 Å². The Hall–Kier alpha value is -0.620. The van der Waals surface area contributed by atoms with Gasteiger partial charge in [0.2, 0.25) is 10.0 Å². The summed E-state index contributed by atoms with van der Waals surface area (Å²) in [5.41, 5.74) is 0. The fourth-order valence-electron chi connectivity index (χ4n) is 1.37. The largest absolute Gasteiger partial charge is 0.359 e. The molecule has 1 fully saturated rings. The highest BCUT2D eigenvalue weighted by molar-refractivity contribution is 7.89. The first-order valence-electron chi connectivity index (χ1n) is 4.32. The van der Waals surface area contributed by atoms with Crippen molar-refractivity contribution in [2.24, 2.45) is 5.14 Å². The van der Waals surface area contributed by atoms with Crippen LogP contribution in [-0.4, -0.2) is 38.0 Å². The molecule has 6 heteroatoms. The molecule has 0 spiro atoms. The van der Waals surface area contributed by atoms with Gasteiger partial charge in [0.1, 0.15) is 0 Å². The Labute approximate surface area is 78.5 Å². The van der Waals surface area contributed by atoms with Gasteiger partial charge in [-0.05, 0) is 12.8 Å². The third-order valence-electron chi connectivity index (χ3n) is 2.12. The van der Waals surface area contributed by atoms with E-state index in [-0.39, 0.29) is 5.75 Å². The summed E-state index contributed by atoms with van der Waals surface area (Å²) >= 11 is 0. The molecule has 1 heterocycles. The number of nitrogens with one attached hydrogen (secondary N) is 1. The number of primary sulfonamides is 1. The van der Waals surface area contributed by atoms with E-state index in [0.717, 1.165) is 25.8 Å². The topological polar surface area (TPSA) is 87.2 Å². The summed E-state index contributed by atoms with van der Waals surface area (Å²) in [4.78, 5) is 1.79. The Morgan fingerprint density at radius 2 is 2.15 bits per heavy atom. The van der Waals surface area contributed by atoms with Crippen LogP contribution in [-0.2, 0) is 10.0 Å². The van der Waals surface area contributed by atoms with Gasteiger partial charge in [0.25, 0.3) is 0 Å². The van der Waals surface area contributed by atoms with Crippen molar-refractivity contribution in [2.45, 2.75) is 19.3 Å². The Balaban J connectivity index is 2.40. The summed E-state index contributed by atoms with van der Waals surface area (Å²) in [5, 5.41) is 12.4. The minimum Gasteiger partial charge on any atom is -0.359 e. The van der Waals surface area contributed by atoms with Gasteiger partial charge in [0, 0.05) is 19.5 Å². The van der Waals surface area contributed by atoms with Crippen LogP contribution >= 0.6 is 0 Å². The quantitative estimate of drug-likeness (QED) is 0.665. The molecule has 13 heavy (non-hydrogen) atoms. The highest BCUT2D eigenvalue weighted by Gasteiger charge is 2.16. The molecule has 0 atom stereocenters. The number of amidine groups is 1. The molecular formula is C7H15N3O2S. The molecule has 0 aromatic carbocycles. The van der Waals surface area contributed by atoms with Crippen LogP contribution in [0.15, 0.2) is 0 Å². The maximum absolute atomic E-state index is 10.7. The lowest BCUT2D eigenvalue weighted by Crippen LogP contribution is -2.39. The van der Waals surface area contributed by atoms with Gasteiger partial charge < -0.3 is 4.90 Å². The smallest absolute Gasteiger partial charge is 0.210 e. The van der Waals surface area contributed by atoms with E-state index in [0.29, 0.717) is 12.4 Å². The Kier molecular flexibility index (Phi) is 3.27. The average Bonchev–Trinajstić information content (AvgIpc) is 2.01. The molecule has 0 aromatic rings. The maximum Gasteiger partial charge on any atom is 0.210 e. The minimum absolute atomic E-state index is 0.0601. The molecule has 0 saturated carbocycles. The summed E-state index contributed by atoms with van der Waals surface area (Å²) in [6, 6.07) is 0. The van der Waals surface area contributed by atoms with Crippen molar-refractivity contribution >= 4 is 15.9 Å². The third kappa shape index (κ3) is 3.73. The van der Waals surface area contributed by atoms with Crippen LogP contribution in [0.5, 0.6) is 0 Å². The van der Waals surface area contributed by atoms with E-state index in [4.69, 9.17) is 10.5 Å². The predicted octanol–water partition coefficient (Wildman–Crippen LogP) is -0.262. The highest BCUT2D eigenvalue weighted by atomic mass is 32.2. The van der Waals surface area contributed by atoms with Crippen LogP contribution in [0.3, 0.4) is 0 Å². The van der Waals surface area contributed by atoms with Crippen LogP contribution in [0.1, 0.15) is 19.3 Å². The minimum atomic E-state index is -3.39. The lowest BCUT2D eigenvalue weighted by atomic mass is 10.1. The second kappa shape index (κ2) is 4.06. The molecule has 0 unspecified atom stereocenters. The lowest BCUT2D eigenvalue weighted by Gasteiger charge is -2.28. The van der Waals surface area contributed by atoms with Crippen LogP contribution < -0.4 is 5.14 Å². The molecule has 5 nitrogen and oxygen atoms in total. The number of hydrogen-bond donors (Lipinski definition) is 2. The zero-order valence-electron chi connectivity index (χ0n) is 7.49. The molecule has 0 radical (unpaired) electrons. The normalized spacial score (nSPS) is 19.2. The molecule has 0 bridgehead atoms. The molecule has 1 saturated heterocycles. The third-order valence-corrected chi connectivity index (χ3v) is 2.87. The average molecular weight is 205 g/mol.